The molecule has 1 aliphatic rings. The van der Waals surface area contributed by atoms with Crippen LogP contribution in [0.25, 0.3) is 0 Å². The van der Waals surface area contributed by atoms with Crippen molar-refractivity contribution in [3.05, 3.63) is 102 Å². The maximum Gasteiger partial charge on any atom is 0.256 e. The van der Waals surface area contributed by atoms with E-state index < -0.39 is 0 Å². The van der Waals surface area contributed by atoms with Crippen molar-refractivity contribution in [1.29, 1.82) is 0 Å². The Labute approximate surface area is 165 Å². The molecule has 1 atom stereocenters. The van der Waals surface area contributed by atoms with E-state index in [9.17, 15) is 4.79 Å². The molecule has 0 saturated heterocycles. The second-order valence-corrected chi connectivity index (χ2v) is 6.77. The highest BCUT2D eigenvalue weighted by molar-refractivity contribution is 6.20. The number of para-hydroxylation sites is 1. The molecule has 0 bridgehead atoms. The van der Waals surface area contributed by atoms with Crippen LogP contribution in [0.1, 0.15) is 22.6 Å². The zero-order chi connectivity index (χ0) is 19.3. The number of hydrogen-bond donors (Lipinski definition) is 0. The lowest BCUT2D eigenvalue weighted by atomic mass is 9.90. The van der Waals surface area contributed by atoms with Crippen molar-refractivity contribution in [2.45, 2.75) is 12.8 Å². The topological polar surface area (TPSA) is 41.9 Å². The minimum absolute atomic E-state index is 0.0153. The minimum Gasteiger partial charge on any atom is -0.491 e. The summed E-state index contributed by atoms with van der Waals surface area (Å²) in [4.78, 5) is 13.2. The lowest BCUT2D eigenvalue weighted by Crippen LogP contribution is -2.30. The van der Waals surface area contributed by atoms with E-state index >= 15 is 0 Å². The molecular formula is C24H22N2O2. The van der Waals surface area contributed by atoms with Gasteiger partial charge >= 0.3 is 0 Å². The van der Waals surface area contributed by atoms with E-state index in [1.807, 2.05) is 91.9 Å². The number of hydrazone groups is 1. The first-order valence-electron chi connectivity index (χ1n) is 9.43. The molecule has 1 heterocycles. The Morgan fingerprint density at radius 1 is 0.893 bits per heavy atom. The highest BCUT2D eigenvalue weighted by atomic mass is 16.5. The van der Waals surface area contributed by atoms with Crippen molar-refractivity contribution in [2.75, 3.05) is 13.2 Å². The van der Waals surface area contributed by atoms with Crippen molar-refractivity contribution in [3.8, 4) is 5.75 Å². The molecular weight excluding hydrogens is 348 g/mol. The number of carbonyl (C=O) groups excluding carboxylic acids is 1. The van der Waals surface area contributed by atoms with E-state index in [0.29, 0.717) is 13.2 Å². The van der Waals surface area contributed by atoms with E-state index in [4.69, 9.17) is 4.74 Å². The number of ether oxygens (including phenoxy) is 1. The van der Waals surface area contributed by atoms with Gasteiger partial charge in [-0.25, -0.2) is 5.01 Å². The Morgan fingerprint density at radius 3 is 2.25 bits per heavy atom. The van der Waals surface area contributed by atoms with Gasteiger partial charge in [0.15, 0.2) is 0 Å². The van der Waals surface area contributed by atoms with Crippen molar-refractivity contribution in [3.63, 3.8) is 0 Å². The molecule has 28 heavy (non-hydrogen) atoms. The van der Waals surface area contributed by atoms with E-state index in [1.54, 1.807) is 0 Å². The quantitative estimate of drug-likeness (QED) is 0.645. The fourth-order valence-electron chi connectivity index (χ4n) is 3.40. The first-order valence-corrected chi connectivity index (χ1v) is 9.43. The third-order valence-corrected chi connectivity index (χ3v) is 4.86. The Balaban J connectivity index is 1.55. The van der Waals surface area contributed by atoms with E-state index in [-0.39, 0.29) is 11.8 Å². The molecule has 3 aromatic rings. The minimum atomic E-state index is -0.387. The average molecular weight is 370 g/mol. The predicted octanol–water partition coefficient (Wildman–Crippen LogP) is 4.40. The average Bonchev–Trinajstić information content (AvgIpc) is 3.07. The maximum absolute atomic E-state index is 13.2. The Hall–Kier alpha value is -3.40. The van der Waals surface area contributed by atoms with Gasteiger partial charge in [-0.3, -0.25) is 4.79 Å². The van der Waals surface area contributed by atoms with Crippen molar-refractivity contribution < 1.29 is 9.53 Å². The third kappa shape index (κ3) is 3.67. The molecule has 1 aliphatic heterocycles. The van der Waals surface area contributed by atoms with Gasteiger partial charge in [-0.05, 0) is 29.7 Å². The maximum atomic E-state index is 13.2. The van der Waals surface area contributed by atoms with Crippen LogP contribution >= 0.6 is 0 Å². The highest BCUT2D eigenvalue weighted by Crippen LogP contribution is 2.30. The normalized spacial score (nSPS) is 16.2. The molecule has 0 saturated carbocycles. The van der Waals surface area contributed by atoms with E-state index in [0.717, 1.165) is 28.2 Å². The summed E-state index contributed by atoms with van der Waals surface area (Å²) in [5.74, 6) is 0.432. The van der Waals surface area contributed by atoms with Gasteiger partial charge in [-0.2, -0.15) is 5.10 Å². The Kier molecular flexibility index (Phi) is 5.20. The van der Waals surface area contributed by atoms with Gasteiger partial charge in [0, 0.05) is 0 Å². The smallest absolute Gasteiger partial charge is 0.256 e. The third-order valence-electron chi connectivity index (χ3n) is 4.86. The molecule has 0 radical (unpaired) electrons. The molecule has 0 fully saturated rings. The van der Waals surface area contributed by atoms with Crippen LogP contribution in [0.3, 0.4) is 0 Å². The summed E-state index contributed by atoms with van der Waals surface area (Å²) in [6.07, 6.45) is 0. The monoisotopic (exact) mass is 370 g/mol. The summed E-state index contributed by atoms with van der Waals surface area (Å²) in [5.41, 5.74) is 3.78. The molecule has 4 nitrogen and oxygen atoms in total. The molecule has 1 amide bonds. The summed E-state index contributed by atoms with van der Waals surface area (Å²) < 4.78 is 5.87. The number of amides is 1. The SMILES string of the molecule is Cc1ccccc1OCCN1N=C(c2ccccc2)C(c2ccccc2)C1=O. The van der Waals surface area contributed by atoms with Crippen LogP contribution in [-0.4, -0.2) is 29.8 Å². The first-order chi connectivity index (χ1) is 13.7. The number of benzene rings is 3. The van der Waals surface area contributed by atoms with Crippen LogP contribution in [0.2, 0.25) is 0 Å². The van der Waals surface area contributed by atoms with Crippen LogP contribution in [0, 0.1) is 6.92 Å². The second kappa shape index (κ2) is 8.09. The van der Waals surface area contributed by atoms with Crippen LogP contribution in [0.5, 0.6) is 5.75 Å². The van der Waals surface area contributed by atoms with Gasteiger partial charge in [0.05, 0.1) is 12.3 Å². The van der Waals surface area contributed by atoms with Crippen molar-refractivity contribution in [2.24, 2.45) is 5.10 Å². The standard InChI is InChI=1S/C24H22N2O2/c1-18-10-8-9-15-21(18)28-17-16-26-24(27)22(19-11-4-2-5-12-19)23(25-26)20-13-6-3-7-14-20/h2-15,22H,16-17H2,1H3. The van der Waals surface area contributed by atoms with E-state index in [2.05, 4.69) is 5.10 Å². The molecule has 4 heteroatoms. The molecule has 4 rings (SSSR count). The zero-order valence-corrected chi connectivity index (χ0v) is 15.8. The second-order valence-electron chi connectivity index (χ2n) is 6.77. The van der Waals surface area contributed by atoms with Gasteiger partial charge in [-0.1, -0.05) is 78.9 Å². The lowest BCUT2D eigenvalue weighted by Gasteiger charge is -2.16. The molecule has 140 valence electrons. The van der Waals surface area contributed by atoms with Crippen LogP contribution < -0.4 is 4.74 Å². The van der Waals surface area contributed by atoms with Crippen molar-refractivity contribution >= 4 is 11.6 Å². The highest BCUT2D eigenvalue weighted by Gasteiger charge is 2.37. The van der Waals surface area contributed by atoms with Gasteiger partial charge < -0.3 is 4.74 Å². The van der Waals surface area contributed by atoms with Crippen LogP contribution in [-0.2, 0) is 4.79 Å². The predicted molar refractivity (Wildman–Crippen MR) is 111 cm³/mol. The fourth-order valence-corrected chi connectivity index (χ4v) is 3.40. The van der Waals surface area contributed by atoms with Gasteiger partial charge in [0.25, 0.3) is 5.91 Å². The fraction of sp³-hybridized carbons (Fsp3) is 0.167. The number of carbonyl (C=O) groups is 1. The molecule has 0 spiro atoms. The number of aryl methyl sites for hydroxylation is 1. The lowest BCUT2D eigenvalue weighted by molar-refractivity contribution is -0.130. The molecule has 0 N–H and O–H groups in total. The van der Waals surface area contributed by atoms with Crippen LogP contribution in [0.4, 0.5) is 0 Å². The Bertz CT molecular complexity index is 984. The van der Waals surface area contributed by atoms with E-state index in [1.165, 1.54) is 5.01 Å². The van der Waals surface area contributed by atoms with Gasteiger partial charge in [-0.15, -0.1) is 0 Å². The molecule has 3 aromatic carbocycles. The van der Waals surface area contributed by atoms with Gasteiger partial charge in [0.1, 0.15) is 18.3 Å². The summed E-state index contributed by atoms with van der Waals surface area (Å²) in [6, 6.07) is 27.6. The Morgan fingerprint density at radius 2 is 1.54 bits per heavy atom. The largest absolute Gasteiger partial charge is 0.491 e. The first kappa shape index (κ1) is 18.0. The van der Waals surface area contributed by atoms with Crippen LogP contribution in [0.15, 0.2) is 90.0 Å². The number of rotatable bonds is 6. The summed E-state index contributed by atoms with van der Waals surface area (Å²) in [6.45, 7) is 2.81. The van der Waals surface area contributed by atoms with Crippen molar-refractivity contribution in [1.82, 2.24) is 5.01 Å². The molecule has 1 unspecified atom stereocenters. The number of nitrogens with zero attached hydrogens (tertiary/aromatic N) is 2. The summed E-state index contributed by atoms with van der Waals surface area (Å²) in [7, 11) is 0. The summed E-state index contributed by atoms with van der Waals surface area (Å²) >= 11 is 0. The van der Waals surface area contributed by atoms with Gasteiger partial charge in [0.2, 0.25) is 0 Å². The summed E-state index contributed by atoms with van der Waals surface area (Å²) in [5, 5.41) is 6.21. The molecule has 0 aromatic heterocycles. The number of hydrogen-bond acceptors (Lipinski definition) is 3. The zero-order valence-electron chi connectivity index (χ0n) is 15.8. The molecule has 0 aliphatic carbocycles.